The summed E-state index contributed by atoms with van der Waals surface area (Å²) in [7, 11) is 0.149. The van der Waals surface area contributed by atoms with Gasteiger partial charge in [0.2, 0.25) is 0 Å². The van der Waals surface area contributed by atoms with Gasteiger partial charge in [-0.1, -0.05) is 56.0 Å². The topological polar surface area (TPSA) is 26.3 Å². The standard InChI is InChI=1S/C22H29O2P.Li/c1-5-6-7-8-13-24-19-9-11-20(12-10-19)25-22(23)21-17(3)14-16(2)15-18(21)4;/h9-12,14-15,25H,5-8,13H2,1-4H3;/q;+1. The molecule has 2 aromatic carbocycles. The van der Waals surface area contributed by atoms with Gasteiger partial charge in [0.15, 0.2) is 5.52 Å². The second-order valence-electron chi connectivity index (χ2n) is 6.66. The first-order valence-corrected chi connectivity index (χ1v) is 10.1. The molecule has 0 saturated heterocycles. The summed E-state index contributed by atoms with van der Waals surface area (Å²) >= 11 is 0. The minimum atomic E-state index is 0. The van der Waals surface area contributed by atoms with Gasteiger partial charge in [-0.3, -0.25) is 4.79 Å². The molecule has 0 aliphatic rings. The van der Waals surface area contributed by atoms with Crippen LogP contribution in [0.25, 0.3) is 0 Å². The molecule has 0 N–H and O–H groups in total. The summed E-state index contributed by atoms with van der Waals surface area (Å²) in [6.07, 6.45) is 4.83. The fourth-order valence-corrected chi connectivity index (χ4v) is 4.20. The molecule has 0 saturated carbocycles. The van der Waals surface area contributed by atoms with Gasteiger partial charge < -0.3 is 4.74 Å². The van der Waals surface area contributed by atoms with Crippen LogP contribution in [0, 0.1) is 20.8 Å². The number of aryl methyl sites for hydroxylation is 3. The van der Waals surface area contributed by atoms with Crippen molar-refractivity contribution in [3.8, 4) is 5.75 Å². The molecule has 1 atom stereocenters. The number of hydrogen-bond acceptors (Lipinski definition) is 2. The van der Waals surface area contributed by atoms with Gasteiger partial charge in [0.05, 0.1) is 6.61 Å². The van der Waals surface area contributed by atoms with Gasteiger partial charge in [-0.2, -0.15) is 0 Å². The summed E-state index contributed by atoms with van der Waals surface area (Å²) in [4.78, 5) is 12.7. The van der Waals surface area contributed by atoms with Gasteiger partial charge in [0, 0.05) is 5.56 Å². The maximum atomic E-state index is 12.7. The molecule has 0 aliphatic heterocycles. The van der Waals surface area contributed by atoms with E-state index >= 15 is 0 Å². The van der Waals surface area contributed by atoms with Gasteiger partial charge in [0.1, 0.15) is 5.75 Å². The van der Waals surface area contributed by atoms with E-state index in [9.17, 15) is 4.79 Å². The maximum absolute atomic E-state index is 12.7. The van der Waals surface area contributed by atoms with Gasteiger partial charge >= 0.3 is 18.9 Å². The Bertz CT molecular complexity index is 688. The second-order valence-corrected chi connectivity index (χ2v) is 7.94. The molecule has 0 fully saturated rings. The molecular formula is C22H29LiO2P+. The Kier molecular flexibility index (Phi) is 10.3. The molecule has 2 nitrogen and oxygen atoms in total. The third-order valence-corrected chi connectivity index (χ3v) is 5.38. The predicted octanol–water partition coefficient (Wildman–Crippen LogP) is 2.72. The van der Waals surface area contributed by atoms with Crippen molar-refractivity contribution in [3.63, 3.8) is 0 Å². The molecule has 134 valence electrons. The molecule has 0 bridgehead atoms. The number of carbonyl (C=O) groups excluding carboxylic acids is 1. The minimum absolute atomic E-state index is 0. The summed E-state index contributed by atoms with van der Waals surface area (Å²) in [5, 5.41) is 1.06. The molecule has 0 aliphatic carbocycles. The van der Waals surface area contributed by atoms with Crippen LogP contribution in [-0.4, -0.2) is 12.1 Å². The van der Waals surface area contributed by atoms with Crippen molar-refractivity contribution in [3.05, 3.63) is 58.7 Å². The van der Waals surface area contributed by atoms with E-state index < -0.39 is 0 Å². The van der Waals surface area contributed by atoms with Gasteiger partial charge in [-0.15, -0.1) is 0 Å². The fourth-order valence-electron chi connectivity index (χ4n) is 3.09. The second kappa shape index (κ2) is 11.6. The number of hydrogen-bond donors (Lipinski definition) is 0. The van der Waals surface area contributed by atoms with Crippen LogP contribution in [0.5, 0.6) is 5.75 Å². The molecule has 0 amide bonds. The monoisotopic (exact) mass is 363 g/mol. The Morgan fingerprint density at radius 3 is 2.15 bits per heavy atom. The number of unbranched alkanes of at least 4 members (excludes halogenated alkanes) is 3. The first-order valence-electron chi connectivity index (χ1n) is 9.13. The van der Waals surface area contributed by atoms with Crippen molar-refractivity contribution in [2.45, 2.75) is 53.4 Å². The van der Waals surface area contributed by atoms with E-state index in [4.69, 9.17) is 4.74 Å². The largest absolute Gasteiger partial charge is 1.00 e. The van der Waals surface area contributed by atoms with E-state index in [0.29, 0.717) is 0 Å². The number of ether oxygens (including phenoxy) is 1. The van der Waals surface area contributed by atoms with Crippen LogP contribution < -0.4 is 28.9 Å². The third kappa shape index (κ3) is 6.92. The average molecular weight is 363 g/mol. The van der Waals surface area contributed by atoms with Gasteiger partial charge in [-0.05, 0) is 64.3 Å². The van der Waals surface area contributed by atoms with Crippen molar-refractivity contribution < 1.29 is 28.4 Å². The van der Waals surface area contributed by atoms with Crippen molar-refractivity contribution in [2.75, 3.05) is 6.61 Å². The molecule has 2 aromatic rings. The Morgan fingerprint density at radius 2 is 1.58 bits per heavy atom. The normalized spacial score (nSPS) is 10.8. The minimum Gasteiger partial charge on any atom is -0.494 e. The molecule has 0 radical (unpaired) electrons. The van der Waals surface area contributed by atoms with Gasteiger partial charge in [0.25, 0.3) is 0 Å². The molecular weight excluding hydrogens is 334 g/mol. The number of rotatable bonds is 9. The van der Waals surface area contributed by atoms with Crippen LogP contribution in [0.2, 0.25) is 0 Å². The van der Waals surface area contributed by atoms with Crippen molar-refractivity contribution >= 4 is 19.4 Å². The number of benzene rings is 2. The molecule has 0 spiro atoms. The molecule has 4 heteroatoms. The summed E-state index contributed by atoms with van der Waals surface area (Å²) in [5.41, 5.74) is 4.43. The predicted molar refractivity (Wildman–Crippen MR) is 109 cm³/mol. The summed E-state index contributed by atoms with van der Waals surface area (Å²) in [6, 6.07) is 12.1. The Balaban J connectivity index is 0.00000338. The van der Waals surface area contributed by atoms with Crippen LogP contribution in [0.3, 0.4) is 0 Å². The summed E-state index contributed by atoms with van der Waals surface area (Å²) < 4.78 is 5.77. The van der Waals surface area contributed by atoms with Crippen LogP contribution in [0.4, 0.5) is 0 Å². The van der Waals surface area contributed by atoms with Crippen LogP contribution in [0.1, 0.15) is 59.7 Å². The van der Waals surface area contributed by atoms with E-state index in [1.165, 1.54) is 24.8 Å². The first kappa shape index (κ1) is 23.0. The first-order chi connectivity index (χ1) is 12.0. The zero-order valence-electron chi connectivity index (χ0n) is 16.8. The van der Waals surface area contributed by atoms with Crippen molar-refractivity contribution in [1.29, 1.82) is 0 Å². The maximum Gasteiger partial charge on any atom is 1.00 e. The Morgan fingerprint density at radius 1 is 0.962 bits per heavy atom. The Hall–Kier alpha value is -1.06. The zero-order valence-corrected chi connectivity index (χ0v) is 17.8. The summed E-state index contributed by atoms with van der Waals surface area (Å²) in [6.45, 7) is 9.08. The van der Waals surface area contributed by atoms with Crippen LogP contribution in [-0.2, 0) is 0 Å². The molecule has 0 aromatic heterocycles. The molecule has 0 heterocycles. The average Bonchev–Trinajstić information content (AvgIpc) is 2.55. The fraction of sp³-hybridized carbons (Fsp3) is 0.409. The van der Waals surface area contributed by atoms with E-state index in [-0.39, 0.29) is 33.0 Å². The van der Waals surface area contributed by atoms with E-state index in [2.05, 4.69) is 26.0 Å². The van der Waals surface area contributed by atoms with E-state index in [1.807, 2.05) is 38.1 Å². The summed E-state index contributed by atoms with van der Waals surface area (Å²) in [5.74, 6) is 0.889. The molecule has 2 rings (SSSR count). The SMILES string of the molecule is CCCCCCOc1ccc(PC(=O)c2c(C)cc(C)cc2C)cc1.[Li+]. The van der Waals surface area contributed by atoms with Crippen molar-refractivity contribution in [2.24, 2.45) is 0 Å². The van der Waals surface area contributed by atoms with Gasteiger partial charge in [-0.25, -0.2) is 0 Å². The van der Waals surface area contributed by atoms with Crippen LogP contribution >= 0.6 is 8.58 Å². The zero-order chi connectivity index (χ0) is 18.2. The van der Waals surface area contributed by atoms with E-state index in [0.717, 1.165) is 40.8 Å². The number of carbonyl (C=O) groups is 1. The van der Waals surface area contributed by atoms with Crippen molar-refractivity contribution in [1.82, 2.24) is 0 Å². The van der Waals surface area contributed by atoms with Crippen LogP contribution in [0.15, 0.2) is 36.4 Å². The third-order valence-electron chi connectivity index (χ3n) is 4.28. The smallest absolute Gasteiger partial charge is 0.494 e. The quantitative estimate of drug-likeness (QED) is 0.389. The van der Waals surface area contributed by atoms with E-state index in [1.54, 1.807) is 0 Å². The Labute approximate surface area is 172 Å². The molecule has 26 heavy (non-hydrogen) atoms. The molecule has 1 unspecified atom stereocenters.